The molecule has 0 radical (unpaired) electrons. The monoisotopic (exact) mass is 218 g/mol. The number of imidazole rings is 1. The van der Waals surface area contributed by atoms with Gasteiger partial charge in [0.2, 0.25) is 5.82 Å². The first-order valence-corrected chi connectivity index (χ1v) is 4.71. The average molecular weight is 218 g/mol. The lowest BCUT2D eigenvalue weighted by molar-refractivity contribution is 0.0684. The van der Waals surface area contributed by atoms with Crippen LogP contribution in [0.1, 0.15) is 16.3 Å². The molecular weight excluding hydrogens is 208 g/mol. The Kier molecular flexibility index (Phi) is 2.86. The molecule has 2 N–H and O–H groups in total. The molecule has 5 nitrogen and oxygen atoms in total. The summed E-state index contributed by atoms with van der Waals surface area (Å²) in [6.45, 7) is 0.268. The molecule has 16 heavy (non-hydrogen) atoms. The summed E-state index contributed by atoms with van der Waals surface area (Å²) < 4.78 is 5.42. The van der Waals surface area contributed by atoms with Crippen LogP contribution in [-0.2, 0) is 6.61 Å². The zero-order valence-electron chi connectivity index (χ0n) is 8.38. The maximum Gasteiger partial charge on any atom is 0.371 e. The van der Waals surface area contributed by atoms with Gasteiger partial charge in [0.1, 0.15) is 12.4 Å². The Labute approximate surface area is 91.7 Å². The number of ether oxygens (including phenoxy) is 1. The number of aromatic amines is 1. The van der Waals surface area contributed by atoms with E-state index in [2.05, 4.69) is 9.97 Å². The van der Waals surface area contributed by atoms with E-state index < -0.39 is 5.97 Å². The summed E-state index contributed by atoms with van der Waals surface area (Å²) in [7, 11) is 0. The van der Waals surface area contributed by atoms with Crippen LogP contribution in [0.15, 0.2) is 36.5 Å². The van der Waals surface area contributed by atoms with Crippen molar-refractivity contribution >= 4 is 5.97 Å². The minimum absolute atomic E-state index is 0.0772. The molecule has 0 atom stereocenters. The molecule has 2 rings (SSSR count). The number of benzene rings is 1. The van der Waals surface area contributed by atoms with Crippen LogP contribution in [0.25, 0.3) is 0 Å². The normalized spacial score (nSPS) is 10.0. The fourth-order valence-electron chi connectivity index (χ4n) is 1.22. The van der Waals surface area contributed by atoms with Gasteiger partial charge in [-0.3, -0.25) is 0 Å². The predicted octanol–water partition coefficient (Wildman–Crippen LogP) is 1.69. The molecule has 0 amide bonds. The van der Waals surface area contributed by atoms with Gasteiger partial charge in [0.05, 0.1) is 11.9 Å². The maximum atomic E-state index is 10.6. The summed E-state index contributed by atoms with van der Waals surface area (Å²) in [5.41, 5.74) is 0.626. The number of para-hydroxylation sites is 1. The molecule has 0 aliphatic rings. The molecule has 0 bridgehead atoms. The van der Waals surface area contributed by atoms with Gasteiger partial charge in [-0.2, -0.15) is 0 Å². The molecule has 5 heteroatoms. The molecule has 82 valence electrons. The quantitative estimate of drug-likeness (QED) is 0.818. The second-order valence-corrected chi connectivity index (χ2v) is 3.16. The van der Waals surface area contributed by atoms with Crippen molar-refractivity contribution in [1.29, 1.82) is 0 Å². The van der Waals surface area contributed by atoms with Gasteiger partial charge in [0, 0.05) is 0 Å². The van der Waals surface area contributed by atoms with Crippen molar-refractivity contribution in [3.63, 3.8) is 0 Å². The first-order chi connectivity index (χ1) is 7.75. The third kappa shape index (κ3) is 2.38. The fraction of sp³-hybridized carbons (Fsp3) is 0.0909. The minimum atomic E-state index is -1.08. The SMILES string of the molecule is O=C(O)c1ncc(COc2ccccc2)[nH]1. The highest BCUT2D eigenvalue weighted by molar-refractivity contribution is 5.83. The van der Waals surface area contributed by atoms with Crippen LogP contribution in [-0.4, -0.2) is 21.0 Å². The Bertz CT molecular complexity index is 479. The van der Waals surface area contributed by atoms with E-state index in [4.69, 9.17) is 9.84 Å². The lowest BCUT2D eigenvalue weighted by Gasteiger charge is -2.02. The average Bonchev–Trinajstić information content (AvgIpc) is 2.76. The van der Waals surface area contributed by atoms with Crippen molar-refractivity contribution in [2.75, 3.05) is 0 Å². The molecule has 0 unspecified atom stereocenters. The minimum Gasteiger partial charge on any atom is -0.487 e. The summed E-state index contributed by atoms with van der Waals surface area (Å²) in [6.07, 6.45) is 1.45. The van der Waals surface area contributed by atoms with E-state index in [9.17, 15) is 4.79 Å². The number of H-pyrrole nitrogens is 1. The molecule has 0 saturated heterocycles. The number of aromatic carboxylic acids is 1. The van der Waals surface area contributed by atoms with Crippen molar-refractivity contribution in [2.45, 2.75) is 6.61 Å². The van der Waals surface area contributed by atoms with Gasteiger partial charge in [0.25, 0.3) is 0 Å². The number of aromatic nitrogens is 2. The molecule has 0 saturated carbocycles. The molecule has 1 aromatic heterocycles. The molecule has 0 aliphatic carbocycles. The maximum absolute atomic E-state index is 10.6. The lowest BCUT2D eigenvalue weighted by Crippen LogP contribution is -2.00. The highest BCUT2D eigenvalue weighted by Crippen LogP contribution is 2.10. The van der Waals surface area contributed by atoms with Gasteiger partial charge in [-0.1, -0.05) is 18.2 Å². The topological polar surface area (TPSA) is 75.2 Å². The predicted molar refractivity (Wildman–Crippen MR) is 56.3 cm³/mol. The Morgan fingerprint density at radius 1 is 1.38 bits per heavy atom. The van der Waals surface area contributed by atoms with Crippen LogP contribution in [0, 0.1) is 0 Å². The van der Waals surface area contributed by atoms with Gasteiger partial charge in [-0.05, 0) is 12.1 Å². The van der Waals surface area contributed by atoms with Gasteiger partial charge < -0.3 is 14.8 Å². The zero-order chi connectivity index (χ0) is 11.4. The number of carboxylic acids is 1. The molecule has 0 fully saturated rings. The van der Waals surface area contributed by atoms with Crippen LogP contribution < -0.4 is 4.74 Å². The first-order valence-electron chi connectivity index (χ1n) is 4.71. The third-order valence-corrected chi connectivity index (χ3v) is 1.97. The lowest BCUT2D eigenvalue weighted by atomic mass is 10.3. The van der Waals surface area contributed by atoms with Gasteiger partial charge >= 0.3 is 5.97 Å². The highest BCUT2D eigenvalue weighted by Gasteiger charge is 2.07. The van der Waals surface area contributed by atoms with Crippen molar-refractivity contribution in [3.8, 4) is 5.75 Å². The first kappa shape index (κ1) is 10.2. The second-order valence-electron chi connectivity index (χ2n) is 3.16. The number of carboxylic acid groups (broad SMARTS) is 1. The van der Waals surface area contributed by atoms with Crippen LogP contribution >= 0.6 is 0 Å². The van der Waals surface area contributed by atoms with Crippen LogP contribution in [0.4, 0.5) is 0 Å². The Morgan fingerprint density at radius 3 is 2.75 bits per heavy atom. The van der Waals surface area contributed by atoms with Gasteiger partial charge in [-0.25, -0.2) is 9.78 Å². The number of hydrogen-bond donors (Lipinski definition) is 2. The molecule has 2 aromatic rings. The Balaban J connectivity index is 1.97. The van der Waals surface area contributed by atoms with Gasteiger partial charge in [-0.15, -0.1) is 0 Å². The second kappa shape index (κ2) is 4.48. The summed E-state index contributed by atoms with van der Waals surface area (Å²) in [5, 5.41) is 8.65. The molecule has 0 aliphatic heterocycles. The molecular formula is C11H10N2O3. The number of hydrogen-bond acceptors (Lipinski definition) is 3. The number of nitrogens with zero attached hydrogens (tertiary/aromatic N) is 1. The smallest absolute Gasteiger partial charge is 0.371 e. The van der Waals surface area contributed by atoms with E-state index in [0.717, 1.165) is 5.75 Å². The third-order valence-electron chi connectivity index (χ3n) is 1.97. The number of rotatable bonds is 4. The number of nitrogens with one attached hydrogen (secondary N) is 1. The number of carbonyl (C=O) groups is 1. The molecule has 0 spiro atoms. The van der Waals surface area contributed by atoms with Crippen molar-refractivity contribution < 1.29 is 14.6 Å². The molecule has 1 aromatic carbocycles. The highest BCUT2D eigenvalue weighted by atomic mass is 16.5. The van der Waals surface area contributed by atoms with Gasteiger partial charge in [0.15, 0.2) is 0 Å². The van der Waals surface area contributed by atoms with Crippen LogP contribution in [0.3, 0.4) is 0 Å². The zero-order valence-corrected chi connectivity index (χ0v) is 8.38. The summed E-state index contributed by atoms with van der Waals surface area (Å²) >= 11 is 0. The van der Waals surface area contributed by atoms with Crippen molar-refractivity contribution in [2.24, 2.45) is 0 Å². The standard InChI is InChI=1S/C11H10N2O3/c14-11(15)10-12-6-8(13-10)7-16-9-4-2-1-3-5-9/h1-6H,7H2,(H,12,13)(H,14,15). The summed E-state index contributed by atoms with van der Waals surface area (Å²) in [4.78, 5) is 16.9. The fourth-order valence-corrected chi connectivity index (χ4v) is 1.22. The van der Waals surface area contributed by atoms with E-state index >= 15 is 0 Å². The largest absolute Gasteiger partial charge is 0.487 e. The Hall–Kier alpha value is -2.30. The van der Waals surface area contributed by atoms with Crippen molar-refractivity contribution in [3.05, 3.63) is 48.0 Å². The van der Waals surface area contributed by atoms with Crippen LogP contribution in [0.2, 0.25) is 0 Å². The van der Waals surface area contributed by atoms with E-state index in [1.54, 1.807) is 0 Å². The van der Waals surface area contributed by atoms with E-state index in [1.165, 1.54) is 6.20 Å². The summed E-state index contributed by atoms with van der Waals surface area (Å²) in [6, 6.07) is 9.28. The Morgan fingerprint density at radius 2 is 2.12 bits per heavy atom. The van der Waals surface area contributed by atoms with E-state index in [1.807, 2.05) is 30.3 Å². The van der Waals surface area contributed by atoms with Crippen molar-refractivity contribution in [1.82, 2.24) is 9.97 Å². The molecule has 1 heterocycles. The van der Waals surface area contributed by atoms with E-state index in [0.29, 0.717) is 5.69 Å². The van der Waals surface area contributed by atoms with Crippen LogP contribution in [0.5, 0.6) is 5.75 Å². The summed E-state index contributed by atoms with van der Waals surface area (Å²) in [5.74, 6) is -0.424. The van der Waals surface area contributed by atoms with E-state index in [-0.39, 0.29) is 12.4 Å².